The smallest absolute Gasteiger partial charge is 0.248 e. The van der Waals surface area contributed by atoms with Gasteiger partial charge in [-0.1, -0.05) is 25.1 Å². The van der Waals surface area contributed by atoms with Crippen LogP contribution in [0.1, 0.15) is 24.5 Å². The second-order valence-corrected chi connectivity index (χ2v) is 9.23. The van der Waals surface area contributed by atoms with Crippen molar-refractivity contribution in [2.45, 2.75) is 38.1 Å². The fourth-order valence-electron chi connectivity index (χ4n) is 2.92. The lowest BCUT2D eigenvalue weighted by molar-refractivity contribution is -0.117. The maximum absolute atomic E-state index is 13.0. The van der Waals surface area contributed by atoms with Crippen LogP contribution in [0.15, 0.2) is 47.4 Å². The standard InChI is InChI=1S/C20H26N2O3S2/c1-6-18(20(23)21-16-8-7-9-17(13-16)26-4)22(27(5,24)25)19-12-14(2)10-11-15(19)3/h7-13,18H,6H2,1-5H3,(H,21,23). The molecule has 2 rings (SSSR count). The number of aryl methyl sites for hydroxylation is 2. The third kappa shape index (κ3) is 5.26. The number of amides is 1. The Hall–Kier alpha value is -1.99. The molecule has 0 spiro atoms. The second kappa shape index (κ2) is 8.80. The second-order valence-electron chi connectivity index (χ2n) is 6.49. The largest absolute Gasteiger partial charge is 0.324 e. The molecule has 0 aromatic heterocycles. The minimum Gasteiger partial charge on any atom is -0.324 e. The Labute approximate surface area is 166 Å². The number of rotatable bonds is 7. The monoisotopic (exact) mass is 406 g/mol. The number of hydrogen-bond donors (Lipinski definition) is 1. The van der Waals surface area contributed by atoms with Crippen LogP contribution in [-0.4, -0.2) is 32.9 Å². The number of nitrogens with one attached hydrogen (secondary N) is 1. The number of benzene rings is 2. The van der Waals surface area contributed by atoms with Crippen molar-refractivity contribution < 1.29 is 13.2 Å². The molecule has 0 aliphatic rings. The summed E-state index contributed by atoms with van der Waals surface area (Å²) in [5.74, 6) is -0.345. The van der Waals surface area contributed by atoms with E-state index in [4.69, 9.17) is 0 Å². The molecule has 2 aromatic carbocycles. The maximum Gasteiger partial charge on any atom is 0.248 e. The van der Waals surface area contributed by atoms with E-state index < -0.39 is 16.1 Å². The average molecular weight is 407 g/mol. The zero-order valence-corrected chi connectivity index (χ0v) is 17.9. The van der Waals surface area contributed by atoms with Crippen molar-refractivity contribution in [2.24, 2.45) is 0 Å². The molecule has 7 heteroatoms. The number of carbonyl (C=O) groups is 1. The molecule has 27 heavy (non-hydrogen) atoms. The van der Waals surface area contributed by atoms with Gasteiger partial charge in [0.15, 0.2) is 0 Å². The predicted molar refractivity (Wildman–Crippen MR) is 114 cm³/mol. The van der Waals surface area contributed by atoms with Crippen molar-refractivity contribution in [3.05, 3.63) is 53.6 Å². The third-order valence-electron chi connectivity index (χ3n) is 4.27. The highest BCUT2D eigenvalue weighted by Gasteiger charge is 2.32. The fraction of sp³-hybridized carbons (Fsp3) is 0.350. The molecule has 0 bridgehead atoms. The van der Waals surface area contributed by atoms with E-state index in [2.05, 4.69) is 5.32 Å². The van der Waals surface area contributed by atoms with E-state index in [1.165, 1.54) is 4.31 Å². The molecule has 0 saturated carbocycles. The molecule has 0 heterocycles. The van der Waals surface area contributed by atoms with Crippen LogP contribution in [0.5, 0.6) is 0 Å². The molecule has 5 nitrogen and oxygen atoms in total. The molecular formula is C20H26N2O3S2. The number of nitrogens with zero attached hydrogens (tertiary/aromatic N) is 1. The Morgan fingerprint density at radius 2 is 1.89 bits per heavy atom. The summed E-state index contributed by atoms with van der Waals surface area (Å²) in [5.41, 5.74) is 2.94. The van der Waals surface area contributed by atoms with Crippen LogP contribution in [0.4, 0.5) is 11.4 Å². The lowest BCUT2D eigenvalue weighted by Gasteiger charge is -2.31. The Balaban J connectivity index is 2.43. The molecule has 1 unspecified atom stereocenters. The van der Waals surface area contributed by atoms with Crippen molar-refractivity contribution >= 4 is 39.1 Å². The van der Waals surface area contributed by atoms with Gasteiger partial charge in [0, 0.05) is 10.6 Å². The highest BCUT2D eigenvalue weighted by Crippen LogP contribution is 2.28. The Morgan fingerprint density at radius 1 is 1.19 bits per heavy atom. The number of sulfonamides is 1. The van der Waals surface area contributed by atoms with Gasteiger partial charge in [-0.05, 0) is 61.9 Å². The molecule has 0 aliphatic heterocycles. The quantitative estimate of drug-likeness (QED) is 0.700. The zero-order valence-electron chi connectivity index (χ0n) is 16.3. The third-order valence-corrected chi connectivity index (χ3v) is 6.16. The maximum atomic E-state index is 13.0. The van der Waals surface area contributed by atoms with Crippen LogP contribution >= 0.6 is 11.8 Å². The normalized spacial score (nSPS) is 12.5. The summed E-state index contributed by atoms with van der Waals surface area (Å²) in [5, 5.41) is 2.87. The Kier molecular flexibility index (Phi) is 6.95. The molecule has 1 atom stereocenters. The molecule has 2 aromatic rings. The van der Waals surface area contributed by atoms with Gasteiger partial charge < -0.3 is 5.32 Å². The van der Waals surface area contributed by atoms with Crippen LogP contribution in [0, 0.1) is 13.8 Å². The van der Waals surface area contributed by atoms with Crippen molar-refractivity contribution in [1.82, 2.24) is 0 Å². The fourth-order valence-corrected chi connectivity index (χ4v) is 4.64. The van der Waals surface area contributed by atoms with Crippen molar-refractivity contribution in [3.8, 4) is 0 Å². The SMILES string of the molecule is CCC(C(=O)Nc1cccc(SC)c1)N(c1cc(C)ccc1C)S(C)(=O)=O. The summed E-state index contributed by atoms with van der Waals surface area (Å²) in [4.78, 5) is 14.0. The minimum atomic E-state index is -3.65. The first-order valence-corrected chi connectivity index (χ1v) is 11.8. The first-order chi connectivity index (χ1) is 12.7. The van der Waals surface area contributed by atoms with Crippen molar-refractivity contribution in [1.29, 1.82) is 0 Å². The number of thioether (sulfide) groups is 1. The van der Waals surface area contributed by atoms with E-state index in [0.29, 0.717) is 17.8 Å². The van der Waals surface area contributed by atoms with Crippen LogP contribution < -0.4 is 9.62 Å². The van der Waals surface area contributed by atoms with Crippen LogP contribution in [0.2, 0.25) is 0 Å². The lowest BCUT2D eigenvalue weighted by atomic mass is 10.1. The van der Waals surface area contributed by atoms with E-state index >= 15 is 0 Å². The van der Waals surface area contributed by atoms with E-state index in [1.807, 2.05) is 57.4 Å². The number of hydrogen-bond acceptors (Lipinski definition) is 4. The molecule has 1 amide bonds. The molecule has 0 saturated heterocycles. The van der Waals surface area contributed by atoms with Gasteiger partial charge in [0.2, 0.25) is 15.9 Å². The number of anilines is 2. The van der Waals surface area contributed by atoms with Gasteiger partial charge in [-0.25, -0.2) is 8.42 Å². The molecular weight excluding hydrogens is 380 g/mol. The van der Waals surface area contributed by atoms with Gasteiger partial charge >= 0.3 is 0 Å². The van der Waals surface area contributed by atoms with Crippen LogP contribution in [0.25, 0.3) is 0 Å². The van der Waals surface area contributed by atoms with Crippen LogP contribution in [0.3, 0.4) is 0 Å². The van der Waals surface area contributed by atoms with Crippen LogP contribution in [-0.2, 0) is 14.8 Å². The summed E-state index contributed by atoms with van der Waals surface area (Å²) in [6.45, 7) is 5.56. The minimum absolute atomic E-state index is 0.345. The lowest BCUT2D eigenvalue weighted by Crippen LogP contribution is -2.47. The molecule has 1 N–H and O–H groups in total. The first kappa shape index (κ1) is 21.3. The summed E-state index contributed by atoms with van der Waals surface area (Å²) < 4.78 is 26.4. The van der Waals surface area contributed by atoms with Gasteiger partial charge in [-0.2, -0.15) is 0 Å². The summed E-state index contributed by atoms with van der Waals surface area (Å²) in [6.07, 6.45) is 3.45. The average Bonchev–Trinajstić information content (AvgIpc) is 2.61. The van der Waals surface area contributed by atoms with Crippen molar-refractivity contribution in [3.63, 3.8) is 0 Å². The van der Waals surface area contributed by atoms with Gasteiger partial charge in [0.1, 0.15) is 6.04 Å². The molecule has 0 radical (unpaired) electrons. The van der Waals surface area contributed by atoms with Gasteiger partial charge in [0.25, 0.3) is 0 Å². The molecule has 0 fully saturated rings. The predicted octanol–water partition coefficient (Wildman–Crippen LogP) is 4.21. The van der Waals surface area contributed by atoms with E-state index in [0.717, 1.165) is 22.3 Å². The van der Waals surface area contributed by atoms with E-state index in [-0.39, 0.29) is 5.91 Å². The zero-order chi connectivity index (χ0) is 20.2. The highest BCUT2D eigenvalue weighted by atomic mass is 32.2. The Bertz CT molecular complexity index is 927. The topological polar surface area (TPSA) is 66.5 Å². The Morgan fingerprint density at radius 3 is 2.48 bits per heavy atom. The van der Waals surface area contributed by atoms with E-state index in [1.54, 1.807) is 23.9 Å². The molecule has 0 aliphatic carbocycles. The highest BCUT2D eigenvalue weighted by molar-refractivity contribution is 7.98. The first-order valence-electron chi connectivity index (χ1n) is 8.69. The molecule has 146 valence electrons. The van der Waals surface area contributed by atoms with Gasteiger partial charge in [0.05, 0.1) is 11.9 Å². The summed E-state index contributed by atoms with van der Waals surface area (Å²) in [6, 6.07) is 12.3. The summed E-state index contributed by atoms with van der Waals surface area (Å²) >= 11 is 1.58. The number of carbonyl (C=O) groups excluding carboxylic acids is 1. The van der Waals surface area contributed by atoms with Gasteiger partial charge in [-0.3, -0.25) is 9.10 Å². The van der Waals surface area contributed by atoms with Crippen molar-refractivity contribution in [2.75, 3.05) is 22.1 Å². The van der Waals surface area contributed by atoms with E-state index in [9.17, 15) is 13.2 Å². The van der Waals surface area contributed by atoms with Gasteiger partial charge in [-0.15, -0.1) is 11.8 Å². The summed E-state index contributed by atoms with van der Waals surface area (Å²) in [7, 11) is -3.65.